The first-order chi connectivity index (χ1) is 13.8. The molecule has 0 radical (unpaired) electrons. The van der Waals surface area contributed by atoms with Crippen molar-refractivity contribution in [2.24, 2.45) is 0 Å². The van der Waals surface area contributed by atoms with Gasteiger partial charge in [0.15, 0.2) is 0 Å². The highest BCUT2D eigenvalue weighted by Crippen LogP contribution is 2.40. The summed E-state index contributed by atoms with van der Waals surface area (Å²) in [5.41, 5.74) is 5.51. The molecule has 1 atom stereocenters. The number of furan rings is 1. The average molecular weight is 456 g/mol. The highest BCUT2D eigenvalue weighted by atomic mass is 79.9. The van der Waals surface area contributed by atoms with Gasteiger partial charge >= 0.3 is 0 Å². The smallest absolute Gasteiger partial charge is 0.244 e. The van der Waals surface area contributed by atoms with E-state index in [9.17, 15) is 4.79 Å². The zero-order valence-corrected chi connectivity index (χ0v) is 19.0. The maximum Gasteiger partial charge on any atom is 0.244 e. The Morgan fingerprint density at radius 1 is 1.31 bits per heavy atom. The summed E-state index contributed by atoms with van der Waals surface area (Å²) in [4.78, 5) is 12.4. The highest BCUT2D eigenvalue weighted by Gasteiger charge is 2.19. The highest BCUT2D eigenvalue weighted by molar-refractivity contribution is 9.10. The van der Waals surface area contributed by atoms with Crippen molar-refractivity contribution in [1.29, 1.82) is 0 Å². The molecular formula is C24H26BrNO3. The topological polar surface area (TPSA) is 51.5 Å². The van der Waals surface area contributed by atoms with Crippen LogP contribution in [0.3, 0.4) is 0 Å². The molecule has 0 aliphatic carbocycles. The van der Waals surface area contributed by atoms with Gasteiger partial charge in [0.2, 0.25) is 5.91 Å². The van der Waals surface area contributed by atoms with Gasteiger partial charge in [-0.3, -0.25) is 4.79 Å². The maximum atomic E-state index is 12.4. The minimum atomic E-state index is -0.100. The van der Waals surface area contributed by atoms with Crippen LogP contribution in [0.15, 0.2) is 51.6 Å². The van der Waals surface area contributed by atoms with Crippen LogP contribution in [0.2, 0.25) is 0 Å². The second kappa shape index (κ2) is 8.87. The van der Waals surface area contributed by atoms with Gasteiger partial charge in [0.1, 0.15) is 11.3 Å². The molecule has 1 unspecified atom stereocenters. The Balaban J connectivity index is 2.12. The van der Waals surface area contributed by atoms with Gasteiger partial charge in [0, 0.05) is 38.7 Å². The number of ether oxygens (including phenoxy) is 1. The molecule has 0 fully saturated rings. The summed E-state index contributed by atoms with van der Waals surface area (Å²) in [5.74, 6) is 0.622. The van der Waals surface area contributed by atoms with Crippen molar-refractivity contribution in [3.8, 4) is 16.9 Å². The number of methoxy groups -OCH3 is 1. The van der Waals surface area contributed by atoms with Gasteiger partial charge in [0.05, 0.1) is 13.4 Å². The monoisotopic (exact) mass is 455 g/mol. The molecule has 2 aromatic carbocycles. The molecule has 0 aliphatic rings. The van der Waals surface area contributed by atoms with E-state index in [-0.39, 0.29) is 11.9 Å². The summed E-state index contributed by atoms with van der Waals surface area (Å²) < 4.78 is 12.6. The molecule has 29 heavy (non-hydrogen) atoms. The third kappa shape index (κ3) is 4.40. The minimum Gasteiger partial charge on any atom is -0.496 e. The lowest BCUT2D eigenvalue weighted by Crippen LogP contribution is -2.30. The molecule has 5 heteroatoms. The second-order valence-electron chi connectivity index (χ2n) is 7.26. The van der Waals surface area contributed by atoms with Crippen LogP contribution in [0, 0.1) is 6.92 Å². The van der Waals surface area contributed by atoms with E-state index >= 15 is 0 Å². The fourth-order valence-corrected chi connectivity index (χ4v) is 3.65. The number of hydrogen-bond acceptors (Lipinski definition) is 3. The van der Waals surface area contributed by atoms with Crippen LogP contribution >= 0.6 is 15.9 Å². The molecule has 0 saturated carbocycles. The molecule has 1 amide bonds. The van der Waals surface area contributed by atoms with E-state index in [0.29, 0.717) is 0 Å². The lowest BCUT2D eigenvalue weighted by Gasteiger charge is -2.14. The van der Waals surface area contributed by atoms with E-state index in [1.807, 2.05) is 45.9 Å². The van der Waals surface area contributed by atoms with Crippen LogP contribution < -0.4 is 10.1 Å². The Morgan fingerprint density at radius 2 is 2.00 bits per heavy atom. The molecule has 0 aliphatic heterocycles. The van der Waals surface area contributed by atoms with Gasteiger partial charge in [-0.05, 0) is 56.5 Å². The third-order valence-corrected chi connectivity index (χ3v) is 5.71. The minimum absolute atomic E-state index is 0.100. The van der Waals surface area contributed by atoms with E-state index < -0.39 is 0 Å². The van der Waals surface area contributed by atoms with Crippen LogP contribution in [0.25, 0.3) is 27.7 Å². The van der Waals surface area contributed by atoms with Crippen molar-refractivity contribution in [2.45, 2.75) is 40.2 Å². The first-order valence-electron chi connectivity index (χ1n) is 9.69. The molecule has 0 spiro atoms. The quantitative estimate of drug-likeness (QED) is 0.431. The Kier molecular flexibility index (Phi) is 6.48. The third-order valence-electron chi connectivity index (χ3n) is 5.18. The number of aryl methyl sites for hydroxylation is 1. The number of carbonyl (C=O) groups is 1. The zero-order valence-electron chi connectivity index (χ0n) is 17.4. The number of nitrogens with one attached hydrogen (secondary N) is 1. The van der Waals surface area contributed by atoms with Gasteiger partial charge in [0.25, 0.3) is 0 Å². The second-order valence-corrected chi connectivity index (χ2v) is 8.18. The molecule has 1 N–H and O–H groups in total. The number of rotatable bonds is 6. The van der Waals surface area contributed by atoms with Gasteiger partial charge in [-0.2, -0.15) is 0 Å². The Hall–Kier alpha value is -2.53. The summed E-state index contributed by atoms with van der Waals surface area (Å²) in [6, 6.07) is 10.3. The van der Waals surface area contributed by atoms with Crippen molar-refractivity contribution in [1.82, 2.24) is 5.32 Å². The molecule has 4 nitrogen and oxygen atoms in total. The Labute approximate surface area is 180 Å². The Morgan fingerprint density at radius 3 is 2.62 bits per heavy atom. The summed E-state index contributed by atoms with van der Waals surface area (Å²) in [6.07, 6.45) is 4.30. The van der Waals surface area contributed by atoms with E-state index in [4.69, 9.17) is 9.15 Å². The van der Waals surface area contributed by atoms with Gasteiger partial charge in [-0.1, -0.05) is 35.0 Å². The number of carbonyl (C=O) groups excluding carboxylic acids is 1. The van der Waals surface area contributed by atoms with E-state index in [1.165, 1.54) is 0 Å². The standard InChI is InChI=1S/C24H26BrNO3/c1-6-15(3)26-22(27)11-14(2)19-12-20-21(17-7-9-18(25)10-8-17)13-29-24(20)16(4)23(19)28-5/h7-13,15H,6H2,1-5H3,(H,26,27)/b14-11+. The molecule has 0 saturated heterocycles. The molecule has 1 heterocycles. The molecule has 0 bridgehead atoms. The van der Waals surface area contributed by atoms with E-state index in [0.717, 1.165) is 55.4 Å². The summed E-state index contributed by atoms with van der Waals surface area (Å²) in [6.45, 7) is 7.95. The number of amides is 1. The fourth-order valence-electron chi connectivity index (χ4n) is 3.39. The van der Waals surface area contributed by atoms with Crippen molar-refractivity contribution in [3.63, 3.8) is 0 Å². The number of allylic oxidation sites excluding steroid dienone is 1. The number of benzene rings is 2. The van der Waals surface area contributed by atoms with Crippen molar-refractivity contribution in [3.05, 3.63) is 58.3 Å². The summed E-state index contributed by atoms with van der Waals surface area (Å²) >= 11 is 3.48. The van der Waals surface area contributed by atoms with Crippen LogP contribution in [0.4, 0.5) is 0 Å². The van der Waals surface area contributed by atoms with Crippen LogP contribution in [0.5, 0.6) is 5.75 Å². The SMILES string of the molecule is CCC(C)NC(=O)/C=C(\C)c1cc2c(-c3ccc(Br)cc3)coc2c(C)c1OC. The molecule has 152 valence electrons. The van der Waals surface area contributed by atoms with Gasteiger partial charge in [-0.25, -0.2) is 0 Å². The van der Waals surface area contributed by atoms with Crippen molar-refractivity contribution in [2.75, 3.05) is 7.11 Å². The number of fused-ring (bicyclic) bond motifs is 1. The lowest BCUT2D eigenvalue weighted by molar-refractivity contribution is -0.117. The first-order valence-corrected chi connectivity index (χ1v) is 10.5. The molecular weight excluding hydrogens is 430 g/mol. The van der Waals surface area contributed by atoms with Gasteiger partial charge < -0.3 is 14.5 Å². The summed E-state index contributed by atoms with van der Waals surface area (Å²) in [5, 5.41) is 3.97. The first kappa shape index (κ1) is 21.2. The van der Waals surface area contributed by atoms with E-state index in [2.05, 4.69) is 33.4 Å². The van der Waals surface area contributed by atoms with Crippen molar-refractivity contribution < 1.29 is 13.9 Å². The molecule has 1 aromatic heterocycles. The number of halogens is 1. The normalized spacial score (nSPS) is 12.8. The fraction of sp³-hybridized carbons (Fsp3) is 0.292. The number of hydrogen-bond donors (Lipinski definition) is 1. The van der Waals surface area contributed by atoms with Crippen molar-refractivity contribution >= 4 is 38.4 Å². The maximum absolute atomic E-state index is 12.4. The van der Waals surface area contributed by atoms with Gasteiger partial charge in [-0.15, -0.1) is 0 Å². The van der Waals surface area contributed by atoms with Crippen LogP contribution in [-0.2, 0) is 4.79 Å². The zero-order chi connectivity index (χ0) is 21.1. The Bertz CT molecular complexity index is 1060. The summed E-state index contributed by atoms with van der Waals surface area (Å²) in [7, 11) is 1.64. The predicted octanol–water partition coefficient (Wildman–Crippen LogP) is 6.50. The van der Waals surface area contributed by atoms with Crippen LogP contribution in [0.1, 0.15) is 38.3 Å². The average Bonchev–Trinajstić information content (AvgIpc) is 3.12. The largest absolute Gasteiger partial charge is 0.496 e. The predicted molar refractivity (Wildman–Crippen MR) is 122 cm³/mol. The molecule has 3 rings (SSSR count). The van der Waals surface area contributed by atoms with Crippen LogP contribution in [-0.4, -0.2) is 19.1 Å². The molecule has 3 aromatic rings. The van der Waals surface area contributed by atoms with E-state index in [1.54, 1.807) is 19.4 Å². The lowest BCUT2D eigenvalue weighted by atomic mass is 9.96.